The van der Waals surface area contributed by atoms with Gasteiger partial charge in [0.1, 0.15) is 11.5 Å². The van der Waals surface area contributed by atoms with E-state index in [0.29, 0.717) is 23.2 Å². The molecule has 0 saturated heterocycles. The third kappa shape index (κ3) is 4.48. The quantitative estimate of drug-likeness (QED) is 0.695. The first-order valence-corrected chi connectivity index (χ1v) is 8.46. The molecule has 3 aromatic rings. The summed E-state index contributed by atoms with van der Waals surface area (Å²) < 4.78 is 1.29. The van der Waals surface area contributed by atoms with E-state index in [1.165, 1.54) is 28.3 Å². The molecule has 0 fully saturated rings. The second kappa shape index (κ2) is 7.67. The fraction of sp³-hybridized carbons (Fsp3) is 0.188. The van der Waals surface area contributed by atoms with Crippen molar-refractivity contribution >= 4 is 28.2 Å². The number of carbonyl (C=O) groups excluding carboxylic acids is 1. The van der Waals surface area contributed by atoms with Gasteiger partial charge in [0.15, 0.2) is 5.13 Å². The highest BCUT2D eigenvalue weighted by Crippen LogP contribution is 2.19. The Hall–Kier alpha value is -3.07. The number of aryl methyl sites for hydroxylation is 1. The fourth-order valence-corrected chi connectivity index (χ4v) is 2.78. The highest BCUT2D eigenvalue weighted by molar-refractivity contribution is 7.14. The molecule has 0 unspecified atom stereocenters. The molecular weight excluding hydrogens is 340 g/mol. The van der Waals surface area contributed by atoms with Gasteiger partial charge in [-0.05, 0) is 25.1 Å². The van der Waals surface area contributed by atoms with Crippen LogP contribution in [0.1, 0.15) is 16.2 Å². The first-order valence-electron chi connectivity index (χ1n) is 7.58. The number of hydrogen-bond donors (Lipinski definition) is 2. The molecule has 2 N–H and O–H groups in total. The van der Waals surface area contributed by atoms with Gasteiger partial charge in [-0.2, -0.15) is 5.10 Å². The van der Waals surface area contributed by atoms with E-state index in [2.05, 4.69) is 25.7 Å². The molecular formula is C16H16N6O2S. The minimum absolute atomic E-state index is 0.206. The van der Waals surface area contributed by atoms with Crippen molar-refractivity contribution in [3.8, 4) is 0 Å². The molecule has 0 radical (unpaired) electrons. The molecule has 0 aromatic carbocycles. The zero-order valence-electron chi connectivity index (χ0n) is 13.5. The lowest BCUT2D eigenvalue weighted by molar-refractivity contribution is 0.0947. The van der Waals surface area contributed by atoms with Gasteiger partial charge < -0.3 is 10.6 Å². The summed E-state index contributed by atoms with van der Waals surface area (Å²) in [6.07, 6.45) is 1.53. The summed E-state index contributed by atoms with van der Waals surface area (Å²) in [6.45, 7) is 2.49. The summed E-state index contributed by atoms with van der Waals surface area (Å²) in [7, 11) is 0. The summed E-state index contributed by atoms with van der Waals surface area (Å²) in [6, 6.07) is 8.62. The lowest BCUT2D eigenvalue weighted by Crippen LogP contribution is -2.31. The SMILES string of the molecule is Cc1cccc(Nc2nc(C(=O)NCCn3ncccc3=O)cs2)n1. The van der Waals surface area contributed by atoms with E-state index < -0.39 is 0 Å². The molecule has 9 heteroatoms. The largest absolute Gasteiger partial charge is 0.349 e. The highest BCUT2D eigenvalue weighted by Gasteiger charge is 2.11. The van der Waals surface area contributed by atoms with Gasteiger partial charge in [-0.3, -0.25) is 9.59 Å². The van der Waals surface area contributed by atoms with Crippen LogP contribution in [0.15, 0.2) is 46.7 Å². The highest BCUT2D eigenvalue weighted by atomic mass is 32.1. The molecule has 3 aromatic heterocycles. The van der Waals surface area contributed by atoms with Gasteiger partial charge in [-0.15, -0.1) is 11.3 Å². The molecule has 0 aliphatic rings. The molecule has 128 valence electrons. The zero-order valence-corrected chi connectivity index (χ0v) is 14.3. The summed E-state index contributed by atoms with van der Waals surface area (Å²) in [5, 5.41) is 12.0. The van der Waals surface area contributed by atoms with Crippen molar-refractivity contribution in [3.05, 3.63) is 63.7 Å². The summed E-state index contributed by atoms with van der Waals surface area (Å²) >= 11 is 1.32. The van der Waals surface area contributed by atoms with E-state index in [1.807, 2.05) is 25.1 Å². The van der Waals surface area contributed by atoms with Crippen molar-refractivity contribution in [1.82, 2.24) is 25.1 Å². The van der Waals surface area contributed by atoms with E-state index in [4.69, 9.17) is 0 Å². The zero-order chi connectivity index (χ0) is 17.6. The van der Waals surface area contributed by atoms with Crippen LogP contribution in [0, 0.1) is 6.92 Å². The number of thiazole rings is 1. The van der Waals surface area contributed by atoms with E-state index in [-0.39, 0.29) is 18.0 Å². The van der Waals surface area contributed by atoms with Crippen molar-refractivity contribution in [2.24, 2.45) is 0 Å². The van der Waals surface area contributed by atoms with Crippen molar-refractivity contribution in [3.63, 3.8) is 0 Å². The minimum atomic E-state index is -0.300. The smallest absolute Gasteiger partial charge is 0.270 e. The molecule has 8 nitrogen and oxygen atoms in total. The van der Waals surface area contributed by atoms with Crippen LogP contribution in [0.25, 0.3) is 0 Å². The number of aromatic nitrogens is 4. The maximum atomic E-state index is 12.1. The molecule has 1 amide bonds. The number of nitrogens with zero attached hydrogens (tertiary/aromatic N) is 4. The van der Waals surface area contributed by atoms with Crippen LogP contribution in [0.5, 0.6) is 0 Å². The number of rotatable bonds is 6. The Bertz CT molecular complexity index is 936. The summed E-state index contributed by atoms with van der Waals surface area (Å²) in [5.41, 5.74) is 1.00. The Morgan fingerprint density at radius 3 is 2.92 bits per heavy atom. The first-order chi connectivity index (χ1) is 12.1. The number of nitrogens with one attached hydrogen (secondary N) is 2. The van der Waals surface area contributed by atoms with E-state index >= 15 is 0 Å². The van der Waals surface area contributed by atoms with Crippen molar-refractivity contribution in [2.45, 2.75) is 13.5 Å². The number of anilines is 2. The molecule has 0 saturated carbocycles. The van der Waals surface area contributed by atoms with Crippen LogP contribution in [0.4, 0.5) is 10.9 Å². The molecule has 25 heavy (non-hydrogen) atoms. The van der Waals surface area contributed by atoms with Gasteiger partial charge in [0.05, 0.1) is 6.54 Å². The maximum Gasteiger partial charge on any atom is 0.270 e. The van der Waals surface area contributed by atoms with Crippen LogP contribution in [0.3, 0.4) is 0 Å². The standard InChI is InChI=1S/C16H16N6O2S/c1-11-4-2-5-13(19-11)21-16-20-12(10-25-16)15(24)17-8-9-22-14(23)6-3-7-18-22/h2-7,10H,8-9H2,1H3,(H,17,24)(H,19,20,21). The summed E-state index contributed by atoms with van der Waals surface area (Å²) in [4.78, 5) is 32.2. The number of carbonyl (C=O) groups is 1. The van der Waals surface area contributed by atoms with Crippen molar-refractivity contribution in [1.29, 1.82) is 0 Å². The molecule has 0 atom stereocenters. The van der Waals surface area contributed by atoms with Gasteiger partial charge in [0.25, 0.3) is 11.5 Å². The van der Waals surface area contributed by atoms with E-state index in [1.54, 1.807) is 11.4 Å². The molecule has 0 spiro atoms. The van der Waals surface area contributed by atoms with E-state index in [0.717, 1.165) is 5.69 Å². The monoisotopic (exact) mass is 356 g/mol. The normalized spacial score (nSPS) is 10.4. The Morgan fingerprint density at radius 1 is 1.24 bits per heavy atom. The van der Waals surface area contributed by atoms with Crippen LogP contribution < -0.4 is 16.2 Å². The van der Waals surface area contributed by atoms with Gasteiger partial charge in [0, 0.05) is 29.9 Å². The van der Waals surface area contributed by atoms with Crippen molar-refractivity contribution in [2.75, 3.05) is 11.9 Å². The average molecular weight is 356 g/mol. The molecule has 0 aliphatic carbocycles. The number of amides is 1. The lowest BCUT2D eigenvalue weighted by Gasteiger charge is -2.05. The van der Waals surface area contributed by atoms with Crippen molar-refractivity contribution < 1.29 is 4.79 Å². The second-order valence-electron chi connectivity index (χ2n) is 5.17. The first kappa shape index (κ1) is 16.8. The number of hydrogen-bond acceptors (Lipinski definition) is 7. The molecule has 3 rings (SSSR count). The fourth-order valence-electron chi connectivity index (χ4n) is 2.08. The summed E-state index contributed by atoms with van der Waals surface area (Å²) in [5.74, 6) is 0.376. The molecule has 0 bridgehead atoms. The predicted octanol–water partition coefficient (Wildman–Crippen LogP) is 1.58. The predicted molar refractivity (Wildman–Crippen MR) is 95.2 cm³/mol. The average Bonchev–Trinajstić information content (AvgIpc) is 3.05. The Balaban J connectivity index is 1.55. The molecule has 0 aliphatic heterocycles. The Kier molecular flexibility index (Phi) is 5.14. The topological polar surface area (TPSA) is 102 Å². The second-order valence-corrected chi connectivity index (χ2v) is 6.03. The van der Waals surface area contributed by atoms with Crippen LogP contribution in [-0.2, 0) is 6.54 Å². The third-order valence-electron chi connectivity index (χ3n) is 3.25. The number of pyridine rings is 1. The molecule has 3 heterocycles. The third-order valence-corrected chi connectivity index (χ3v) is 4.01. The van der Waals surface area contributed by atoms with E-state index in [9.17, 15) is 9.59 Å². The Morgan fingerprint density at radius 2 is 2.12 bits per heavy atom. The van der Waals surface area contributed by atoms with Crippen LogP contribution >= 0.6 is 11.3 Å². The Labute approximate surface area is 147 Å². The van der Waals surface area contributed by atoms with Crippen LogP contribution in [0.2, 0.25) is 0 Å². The van der Waals surface area contributed by atoms with Gasteiger partial charge in [0.2, 0.25) is 0 Å². The maximum absolute atomic E-state index is 12.1. The lowest BCUT2D eigenvalue weighted by atomic mass is 10.4. The minimum Gasteiger partial charge on any atom is -0.349 e. The van der Waals surface area contributed by atoms with Gasteiger partial charge >= 0.3 is 0 Å². The van der Waals surface area contributed by atoms with Gasteiger partial charge in [-0.25, -0.2) is 14.6 Å². The van der Waals surface area contributed by atoms with Gasteiger partial charge in [-0.1, -0.05) is 6.07 Å². The van der Waals surface area contributed by atoms with Crippen LogP contribution in [-0.4, -0.2) is 32.2 Å².